The van der Waals surface area contributed by atoms with Crippen LogP contribution >= 0.6 is 0 Å². The summed E-state index contributed by atoms with van der Waals surface area (Å²) in [5, 5.41) is 3.17. The van der Waals surface area contributed by atoms with Gasteiger partial charge in [-0.15, -0.1) is 0 Å². The Hall–Kier alpha value is -2.03. The molecule has 0 heterocycles. The van der Waals surface area contributed by atoms with Crippen LogP contribution in [0, 0.1) is 5.82 Å². The Balaban J connectivity index is 1.90. The lowest BCUT2D eigenvalue weighted by Gasteiger charge is -2.10. The average molecular weight is 258 g/mol. The lowest BCUT2D eigenvalue weighted by molar-refractivity contribution is 0.633. The molecule has 0 unspecified atom stereocenters. The van der Waals surface area contributed by atoms with Crippen molar-refractivity contribution in [1.82, 2.24) is 0 Å². The highest BCUT2D eigenvalue weighted by Gasteiger charge is 2.03. The van der Waals surface area contributed by atoms with Crippen LogP contribution in [0.15, 0.2) is 42.5 Å². The van der Waals surface area contributed by atoms with E-state index in [1.54, 1.807) is 12.1 Å². The number of para-hydroxylation sites is 1. The summed E-state index contributed by atoms with van der Waals surface area (Å²) in [6, 6.07) is 13.4. The van der Waals surface area contributed by atoms with Gasteiger partial charge in [0.25, 0.3) is 0 Å². The maximum atomic E-state index is 13.2. The molecule has 100 valence electrons. The first kappa shape index (κ1) is 13.4. The van der Waals surface area contributed by atoms with Crippen LogP contribution in [-0.4, -0.2) is 6.54 Å². The molecular formula is C16H19FN2. The first-order chi connectivity index (χ1) is 9.20. The molecule has 0 atom stereocenters. The number of halogens is 1. The van der Waals surface area contributed by atoms with Crippen LogP contribution in [0.1, 0.15) is 18.1 Å². The summed E-state index contributed by atoms with van der Waals surface area (Å²) in [5.74, 6) is -0.378. The molecule has 0 amide bonds. The van der Waals surface area contributed by atoms with Crippen molar-refractivity contribution in [3.63, 3.8) is 0 Å². The van der Waals surface area contributed by atoms with Gasteiger partial charge in [-0.25, -0.2) is 4.39 Å². The summed E-state index contributed by atoms with van der Waals surface area (Å²) >= 11 is 0. The standard InChI is InChI=1S/C16H19FN2/c1-2-12-6-8-13(9-7-12)10-11-19-15-5-3-4-14(17)16(15)18/h3-9,19H,2,10-11,18H2,1H3. The Morgan fingerprint density at radius 1 is 1.05 bits per heavy atom. The third-order valence-corrected chi connectivity index (χ3v) is 3.21. The van der Waals surface area contributed by atoms with Gasteiger partial charge < -0.3 is 11.1 Å². The second-order valence-electron chi connectivity index (χ2n) is 4.55. The van der Waals surface area contributed by atoms with Gasteiger partial charge in [0, 0.05) is 6.54 Å². The van der Waals surface area contributed by atoms with Gasteiger partial charge >= 0.3 is 0 Å². The van der Waals surface area contributed by atoms with Crippen LogP contribution in [-0.2, 0) is 12.8 Å². The van der Waals surface area contributed by atoms with Gasteiger partial charge in [-0.1, -0.05) is 37.3 Å². The van der Waals surface area contributed by atoms with E-state index in [4.69, 9.17) is 5.73 Å². The Labute approximate surface area is 113 Å². The molecule has 3 heteroatoms. The summed E-state index contributed by atoms with van der Waals surface area (Å²) in [6.07, 6.45) is 1.94. The Morgan fingerprint density at radius 3 is 2.42 bits per heavy atom. The first-order valence-corrected chi connectivity index (χ1v) is 6.56. The minimum atomic E-state index is -0.378. The molecule has 0 aliphatic rings. The molecule has 2 aromatic rings. The fourth-order valence-corrected chi connectivity index (χ4v) is 1.97. The van der Waals surface area contributed by atoms with Gasteiger partial charge in [-0.3, -0.25) is 0 Å². The van der Waals surface area contributed by atoms with E-state index in [0.29, 0.717) is 5.69 Å². The number of benzene rings is 2. The van der Waals surface area contributed by atoms with Crippen molar-refractivity contribution in [1.29, 1.82) is 0 Å². The summed E-state index contributed by atoms with van der Waals surface area (Å²) in [7, 11) is 0. The average Bonchev–Trinajstić information content (AvgIpc) is 2.44. The fourth-order valence-electron chi connectivity index (χ4n) is 1.97. The van der Waals surface area contributed by atoms with Crippen molar-refractivity contribution in [3.05, 3.63) is 59.4 Å². The lowest BCUT2D eigenvalue weighted by Crippen LogP contribution is -2.07. The minimum absolute atomic E-state index is 0.184. The summed E-state index contributed by atoms with van der Waals surface area (Å²) in [5.41, 5.74) is 9.11. The second kappa shape index (κ2) is 6.23. The summed E-state index contributed by atoms with van der Waals surface area (Å²) in [6.45, 7) is 2.88. The number of nitrogens with one attached hydrogen (secondary N) is 1. The molecule has 0 saturated carbocycles. The SMILES string of the molecule is CCc1ccc(CCNc2cccc(F)c2N)cc1. The predicted molar refractivity (Wildman–Crippen MR) is 78.8 cm³/mol. The zero-order valence-corrected chi connectivity index (χ0v) is 11.1. The number of nitrogens with two attached hydrogens (primary N) is 1. The maximum Gasteiger partial charge on any atom is 0.148 e. The maximum absolute atomic E-state index is 13.2. The topological polar surface area (TPSA) is 38.0 Å². The quantitative estimate of drug-likeness (QED) is 0.804. The van der Waals surface area contributed by atoms with Crippen LogP contribution in [0.2, 0.25) is 0 Å². The molecule has 19 heavy (non-hydrogen) atoms. The Bertz CT molecular complexity index is 535. The molecular weight excluding hydrogens is 239 g/mol. The largest absolute Gasteiger partial charge is 0.395 e. The van der Waals surface area contributed by atoms with E-state index in [9.17, 15) is 4.39 Å². The number of hydrogen-bond acceptors (Lipinski definition) is 2. The van der Waals surface area contributed by atoms with Crippen LogP contribution < -0.4 is 11.1 Å². The highest BCUT2D eigenvalue weighted by Crippen LogP contribution is 2.20. The molecule has 0 fully saturated rings. The number of nitrogen functional groups attached to an aromatic ring is 1. The van der Waals surface area contributed by atoms with Crippen LogP contribution in [0.5, 0.6) is 0 Å². The zero-order chi connectivity index (χ0) is 13.7. The lowest BCUT2D eigenvalue weighted by atomic mass is 10.1. The van der Waals surface area contributed by atoms with E-state index >= 15 is 0 Å². The fraction of sp³-hybridized carbons (Fsp3) is 0.250. The van der Waals surface area contributed by atoms with Gasteiger partial charge in [-0.05, 0) is 36.1 Å². The molecule has 0 aliphatic heterocycles. The first-order valence-electron chi connectivity index (χ1n) is 6.56. The molecule has 0 saturated heterocycles. The number of anilines is 2. The minimum Gasteiger partial charge on any atom is -0.395 e. The van der Waals surface area contributed by atoms with Gasteiger partial charge in [0.15, 0.2) is 0 Å². The van der Waals surface area contributed by atoms with Gasteiger partial charge in [0.1, 0.15) is 5.82 Å². The van der Waals surface area contributed by atoms with E-state index in [2.05, 4.69) is 36.5 Å². The number of aryl methyl sites for hydroxylation is 1. The molecule has 2 nitrogen and oxygen atoms in total. The summed E-state index contributed by atoms with van der Waals surface area (Å²) in [4.78, 5) is 0. The van der Waals surface area contributed by atoms with Crippen LogP contribution in [0.4, 0.5) is 15.8 Å². The molecule has 2 aromatic carbocycles. The molecule has 3 N–H and O–H groups in total. The van der Waals surface area contributed by atoms with E-state index < -0.39 is 0 Å². The molecule has 0 aromatic heterocycles. The predicted octanol–water partition coefficient (Wildman–Crippen LogP) is 3.62. The molecule has 2 rings (SSSR count). The second-order valence-corrected chi connectivity index (χ2v) is 4.55. The van der Waals surface area contributed by atoms with Crippen molar-refractivity contribution < 1.29 is 4.39 Å². The van der Waals surface area contributed by atoms with Crippen molar-refractivity contribution in [2.24, 2.45) is 0 Å². The van der Waals surface area contributed by atoms with Crippen molar-refractivity contribution >= 4 is 11.4 Å². The van der Waals surface area contributed by atoms with Crippen molar-refractivity contribution in [3.8, 4) is 0 Å². The highest BCUT2D eigenvalue weighted by molar-refractivity contribution is 5.66. The molecule has 0 bridgehead atoms. The molecule has 0 radical (unpaired) electrons. The number of rotatable bonds is 5. The molecule has 0 aliphatic carbocycles. The van der Waals surface area contributed by atoms with Crippen molar-refractivity contribution in [2.45, 2.75) is 19.8 Å². The third kappa shape index (κ3) is 3.47. The zero-order valence-electron chi connectivity index (χ0n) is 11.1. The van der Waals surface area contributed by atoms with Gasteiger partial charge in [0.05, 0.1) is 11.4 Å². The Kier molecular flexibility index (Phi) is 4.39. The van der Waals surface area contributed by atoms with E-state index in [-0.39, 0.29) is 11.5 Å². The van der Waals surface area contributed by atoms with Gasteiger partial charge in [0.2, 0.25) is 0 Å². The van der Waals surface area contributed by atoms with E-state index in [1.807, 2.05) is 0 Å². The third-order valence-electron chi connectivity index (χ3n) is 3.21. The normalized spacial score (nSPS) is 10.4. The van der Waals surface area contributed by atoms with E-state index in [0.717, 1.165) is 19.4 Å². The summed E-state index contributed by atoms with van der Waals surface area (Å²) < 4.78 is 13.2. The Morgan fingerprint density at radius 2 is 1.74 bits per heavy atom. The van der Waals surface area contributed by atoms with Gasteiger partial charge in [-0.2, -0.15) is 0 Å². The van der Waals surface area contributed by atoms with Crippen molar-refractivity contribution in [2.75, 3.05) is 17.6 Å². The highest BCUT2D eigenvalue weighted by atomic mass is 19.1. The number of hydrogen-bond donors (Lipinski definition) is 2. The van der Waals surface area contributed by atoms with Crippen LogP contribution in [0.3, 0.4) is 0 Å². The monoisotopic (exact) mass is 258 g/mol. The van der Waals surface area contributed by atoms with Crippen LogP contribution in [0.25, 0.3) is 0 Å². The molecule has 0 spiro atoms. The van der Waals surface area contributed by atoms with E-state index in [1.165, 1.54) is 17.2 Å². The smallest absolute Gasteiger partial charge is 0.148 e.